The van der Waals surface area contributed by atoms with E-state index in [1.165, 1.54) is 11.1 Å². The Bertz CT molecular complexity index is 540. The van der Waals surface area contributed by atoms with Crippen LogP contribution >= 0.6 is 11.8 Å². The van der Waals surface area contributed by atoms with Crippen LogP contribution in [0.4, 0.5) is 5.69 Å². The monoisotopic (exact) mass is 259 g/mol. The minimum Gasteiger partial charge on any atom is -0.506 e. The minimum absolute atomic E-state index is 0.155. The summed E-state index contributed by atoms with van der Waals surface area (Å²) in [7, 11) is 0. The van der Waals surface area contributed by atoms with Crippen LogP contribution in [0.3, 0.4) is 0 Å². The Balaban J connectivity index is 1.92. The van der Waals surface area contributed by atoms with Gasteiger partial charge in [-0.15, -0.1) is 0 Å². The first-order valence-electron chi connectivity index (χ1n) is 5.86. The average molecular weight is 259 g/mol. The van der Waals surface area contributed by atoms with Gasteiger partial charge in [-0.3, -0.25) is 0 Å². The van der Waals surface area contributed by atoms with Crippen molar-refractivity contribution in [1.29, 1.82) is 0 Å². The Morgan fingerprint density at radius 2 is 1.89 bits per heavy atom. The van der Waals surface area contributed by atoms with Gasteiger partial charge >= 0.3 is 0 Å². The van der Waals surface area contributed by atoms with Crippen LogP contribution < -0.4 is 5.73 Å². The summed E-state index contributed by atoms with van der Waals surface area (Å²) < 4.78 is 0. The van der Waals surface area contributed by atoms with Crippen LogP contribution in [0.2, 0.25) is 0 Å². The number of aromatic hydroxyl groups is 1. The van der Waals surface area contributed by atoms with E-state index in [9.17, 15) is 5.11 Å². The van der Waals surface area contributed by atoms with Crippen molar-refractivity contribution in [2.75, 3.05) is 5.73 Å². The average Bonchev–Trinajstić information content (AvgIpc) is 2.36. The number of aryl methyl sites for hydroxylation is 1. The van der Waals surface area contributed by atoms with E-state index in [-0.39, 0.29) is 5.75 Å². The molecule has 0 fully saturated rings. The Morgan fingerprint density at radius 3 is 2.61 bits per heavy atom. The molecule has 0 aliphatic heterocycles. The topological polar surface area (TPSA) is 46.2 Å². The molecule has 2 aromatic rings. The van der Waals surface area contributed by atoms with Gasteiger partial charge in [0.25, 0.3) is 0 Å². The molecule has 0 saturated carbocycles. The summed E-state index contributed by atoms with van der Waals surface area (Å²) in [5.74, 6) is 2.05. The summed E-state index contributed by atoms with van der Waals surface area (Å²) in [6.07, 6.45) is 0. The lowest BCUT2D eigenvalue weighted by molar-refractivity contribution is 0.478. The van der Waals surface area contributed by atoms with Crippen molar-refractivity contribution in [1.82, 2.24) is 0 Å². The molecule has 18 heavy (non-hydrogen) atoms. The third-order valence-corrected chi connectivity index (χ3v) is 3.93. The number of nitrogens with two attached hydrogens (primary N) is 1. The molecule has 2 nitrogen and oxygen atoms in total. The van der Waals surface area contributed by atoms with Crippen molar-refractivity contribution >= 4 is 17.4 Å². The van der Waals surface area contributed by atoms with E-state index in [0.29, 0.717) is 5.69 Å². The number of hydrogen-bond donors (Lipinski definition) is 2. The first-order chi connectivity index (χ1) is 8.66. The van der Waals surface area contributed by atoms with Crippen molar-refractivity contribution in [3.8, 4) is 5.75 Å². The molecule has 0 heterocycles. The molecule has 2 rings (SSSR count). The van der Waals surface area contributed by atoms with E-state index in [4.69, 9.17) is 5.73 Å². The normalized spacial score (nSPS) is 10.5. The third-order valence-electron chi connectivity index (χ3n) is 2.88. The van der Waals surface area contributed by atoms with E-state index in [0.717, 1.165) is 17.1 Å². The van der Waals surface area contributed by atoms with Gasteiger partial charge in [0, 0.05) is 11.5 Å². The van der Waals surface area contributed by atoms with Crippen molar-refractivity contribution in [3.05, 3.63) is 59.2 Å². The molecule has 2 aromatic carbocycles. The molecule has 0 saturated heterocycles. The summed E-state index contributed by atoms with van der Waals surface area (Å²) in [5, 5.41) is 9.35. The molecule has 0 unspecified atom stereocenters. The van der Waals surface area contributed by atoms with Crippen molar-refractivity contribution < 1.29 is 5.11 Å². The number of nitrogen functional groups attached to an aromatic ring is 1. The molecule has 0 amide bonds. The van der Waals surface area contributed by atoms with Crippen molar-refractivity contribution in [3.63, 3.8) is 0 Å². The quantitative estimate of drug-likeness (QED) is 0.650. The minimum atomic E-state index is 0.155. The second kappa shape index (κ2) is 5.83. The van der Waals surface area contributed by atoms with Crippen LogP contribution in [0, 0.1) is 6.92 Å². The van der Waals surface area contributed by atoms with Gasteiger partial charge in [-0.05, 0) is 35.7 Å². The maximum absolute atomic E-state index is 9.35. The van der Waals surface area contributed by atoms with Gasteiger partial charge in [0.15, 0.2) is 0 Å². The summed E-state index contributed by atoms with van der Waals surface area (Å²) in [5.41, 5.74) is 9.96. The maximum atomic E-state index is 9.35. The molecule has 0 aromatic heterocycles. The third kappa shape index (κ3) is 3.20. The number of benzene rings is 2. The first kappa shape index (κ1) is 12.8. The summed E-state index contributed by atoms with van der Waals surface area (Å²) in [6, 6.07) is 13.8. The standard InChI is InChI=1S/C15H17NOS/c1-11-4-2-3-5-13(11)10-18-9-12-6-7-15(17)14(16)8-12/h2-8,17H,9-10,16H2,1H3. The van der Waals surface area contributed by atoms with Crippen LogP contribution in [0.15, 0.2) is 42.5 Å². The van der Waals surface area contributed by atoms with E-state index in [2.05, 4.69) is 31.2 Å². The van der Waals surface area contributed by atoms with Gasteiger partial charge in [-0.1, -0.05) is 30.3 Å². The number of phenolic OH excluding ortho intramolecular Hbond substituents is 1. The van der Waals surface area contributed by atoms with Crippen molar-refractivity contribution in [2.24, 2.45) is 0 Å². The fourth-order valence-electron chi connectivity index (χ4n) is 1.74. The summed E-state index contributed by atoms with van der Waals surface area (Å²) in [4.78, 5) is 0. The predicted molar refractivity (Wildman–Crippen MR) is 78.7 cm³/mol. The highest BCUT2D eigenvalue weighted by Crippen LogP contribution is 2.25. The molecule has 0 aliphatic rings. The van der Waals surface area contributed by atoms with Gasteiger partial charge in [0.05, 0.1) is 5.69 Å². The molecule has 3 N–H and O–H groups in total. The molecule has 0 spiro atoms. The van der Waals surface area contributed by atoms with Gasteiger partial charge in [0.2, 0.25) is 0 Å². The second-order valence-corrected chi connectivity index (χ2v) is 5.30. The SMILES string of the molecule is Cc1ccccc1CSCc1ccc(O)c(N)c1. The van der Waals surface area contributed by atoms with E-state index < -0.39 is 0 Å². The number of thioether (sulfide) groups is 1. The number of phenols is 1. The second-order valence-electron chi connectivity index (χ2n) is 4.31. The van der Waals surface area contributed by atoms with Gasteiger partial charge < -0.3 is 10.8 Å². The molecule has 0 aliphatic carbocycles. The molecule has 0 bridgehead atoms. The van der Waals surface area contributed by atoms with E-state index in [1.54, 1.807) is 6.07 Å². The number of anilines is 1. The highest BCUT2D eigenvalue weighted by molar-refractivity contribution is 7.97. The zero-order valence-corrected chi connectivity index (χ0v) is 11.2. The molecular weight excluding hydrogens is 242 g/mol. The van der Waals surface area contributed by atoms with Crippen LogP contribution in [-0.2, 0) is 11.5 Å². The van der Waals surface area contributed by atoms with Crippen molar-refractivity contribution in [2.45, 2.75) is 18.4 Å². The predicted octanol–water partition coefficient (Wildman–Crippen LogP) is 3.72. The van der Waals surface area contributed by atoms with Crippen LogP contribution in [0.25, 0.3) is 0 Å². The van der Waals surface area contributed by atoms with Gasteiger partial charge in [0.1, 0.15) is 5.75 Å². The zero-order valence-electron chi connectivity index (χ0n) is 10.4. The lowest BCUT2D eigenvalue weighted by Crippen LogP contribution is -1.90. The molecule has 3 heteroatoms. The zero-order chi connectivity index (χ0) is 13.0. The lowest BCUT2D eigenvalue weighted by atomic mass is 10.1. The molecule has 0 radical (unpaired) electrons. The fourth-order valence-corrected chi connectivity index (χ4v) is 2.81. The highest BCUT2D eigenvalue weighted by atomic mass is 32.2. The Hall–Kier alpha value is -1.61. The first-order valence-corrected chi connectivity index (χ1v) is 7.02. The van der Waals surface area contributed by atoms with Crippen LogP contribution in [-0.4, -0.2) is 5.11 Å². The molecular formula is C15H17NOS. The Kier molecular flexibility index (Phi) is 4.15. The maximum Gasteiger partial charge on any atom is 0.138 e. The summed E-state index contributed by atoms with van der Waals surface area (Å²) >= 11 is 1.85. The van der Waals surface area contributed by atoms with Gasteiger partial charge in [-0.2, -0.15) is 11.8 Å². The van der Waals surface area contributed by atoms with Crippen LogP contribution in [0.5, 0.6) is 5.75 Å². The molecule has 94 valence electrons. The summed E-state index contributed by atoms with van der Waals surface area (Å²) in [6.45, 7) is 2.13. The molecule has 0 atom stereocenters. The number of hydrogen-bond acceptors (Lipinski definition) is 3. The largest absolute Gasteiger partial charge is 0.506 e. The highest BCUT2D eigenvalue weighted by Gasteiger charge is 2.01. The van der Waals surface area contributed by atoms with E-state index >= 15 is 0 Å². The Morgan fingerprint density at radius 1 is 1.11 bits per heavy atom. The van der Waals surface area contributed by atoms with Crippen LogP contribution in [0.1, 0.15) is 16.7 Å². The fraction of sp³-hybridized carbons (Fsp3) is 0.200. The lowest BCUT2D eigenvalue weighted by Gasteiger charge is -2.06. The van der Waals surface area contributed by atoms with E-state index in [1.807, 2.05) is 23.9 Å². The number of rotatable bonds is 4. The Labute approximate surface area is 112 Å². The smallest absolute Gasteiger partial charge is 0.138 e. The van der Waals surface area contributed by atoms with Gasteiger partial charge in [-0.25, -0.2) is 0 Å².